The van der Waals surface area contributed by atoms with E-state index in [0.29, 0.717) is 13.1 Å². The average Bonchev–Trinajstić information content (AvgIpc) is 2.97. The van der Waals surface area contributed by atoms with Crippen molar-refractivity contribution >= 4 is 6.03 Å². The molecule has 2 amide bonds. The molecular formula is C14H17N3O2. The van der Waals surface area contributed by atoms with Crippen LogP contribution in [0.1, 0.15) is 18.9 Å². The molecule has 0 spiro atoms. The third kappa shape index (κ3) is 3.84. The Kier molecular flexibility index (Phi) is 4.55. The SMILES string of the molecule is CCCNC(=O)NCc1ccc(-c2ccoc2)nc1. The quantitative estimate of drug-likeness (QED) is 0.867. The largest absolute Gasteiger partial charge is 0.472 e. The van der Waals surface area contributed by atoms with Crippen LogP contribution < -0.4 is 10.6 Å². The van der Waals surface area contributed by atoms with Gasteiger partial charge in [0.25, 0.3) is 0 Å². The lowest BCUT2D eigenvalue weighted by atomic mass is 10.2. The Labute approximate surface area is 112 Å². The number of nitrogens with one attached hydrogen (secondary N) is 2. The molecule has 100 valence electrons. The first-order valence-corrected chi connectivity index (χ1v) is 6.29. The third-order valence-corrected chi connectivity index (χ3v) is 2.63. The van der Waals surface area contributed by atoms with Crippen molar-refractivity contribution in [1.29, 1.82) is 0 Å². The minimum Gasteiger partial charge on any atom is -0.472 e. The smallest absolute Gasteiger partial charge is 0.315 e. The molecule has 0 fully saturated rings. The number of pyridine rings is 1. The fourth-order valence-electron chi connectivity index (χ4n) is 1.59. The minimum atomic E-state index is -0.152. The first-order valence-electron chi connectivity index (χ1n) is 6.29. The molecule has 0 saturated heterocycles. The minimum absolute atomic E-state index is 0.152. The lowest BCUT2D eigenvalue weighted by molar-refractivity contribution is 0.240. The molecule has 2 rings (SSSR count). The topological polar surface area (TPSA) is 67.2 Å². The van der Waals surface area contributed by atoms with E-state index in [1.54, 1.807) is 18.7 Å². The number of rotatable bonds is 5. The molecule has 2 aromatic heterocycles. The van der Waals surface area contributed by atoms with Crippen LogP contribution in [0.25, 0.3) is 11.3 Å². The standard InChI is InChI=1S/C14H17N3O2/c1-2-6-15-14(18)17-9-11-3-4-13(16-8-11)12-5-7-19-10-12/h3-5,7-8,10H,2,6,9H2,1H3,(H2,15,17,18). The van der Waals surface area contributed by atoms with Gasteiger partial charge in [-0.15, -0.1) is 0 Å². The number of carbonyl (C=O) groups excluding carboxylic acids is 1. The van der Waals surface area contributed by atoms with Gasteiger partial charge in [-0.05, 0) is 24.1 Å². The molecule has 5 heteroatoms. The zero-order valence-electron chi connectivity index (χ0n) is 10.8. The molecule has 0 unspecified atom stereocenters. The molecule has 0 aliphatic rings. The molecule has 19 heavy (non-hydrogen) atoms. The van der Waals surface area contributed by atoms with Crippen LogP contribution in [0.2, 0.25) is 0 Å². The maximum atomic E-state index is 11.4. The van der Waals surface area contributed by atoms with Crippen LogP contribution in [-0.2, 0) is 6.54 Å². The molecule has 0 saturated carbocycles. The predicted molar refractivity (Wildman–Crippen MR) is 72.5 cm³/mol. The number of urea groups is 1. The van der Waals surface area contributed by atoms with Gasteiger partial charge in [0.15, 0.2) is 0 Å². The maximum Gasteiger partial charge on any atom is 0.315 e. The molecule has 2 N–H and O–H groups in total. The summed E-state index contributed by atoms with van der Waals surface area (Å²) in [5, 5.41) is 5.53. The van der Waals surface area contributed by atoms with Gasteiger partial charge >= 0.3 is 6.03 Å². The van der Waals surface area contributed by atoms with E-state index in [1.807, 2.05) is 25.1 Å². The van der Waals surface area contributed by atoms with E-state index < -0.39 is 0 Å². The van der Waals surface area contributed by atoms with Gasteiger partial charge in [-0.1, -0.05) is 13.0 Å². The van der Waals surface area contributed by atoms with Gasteiger partial charge in [0.2, 0.25) is 0 Å². The van der Waals surface area contributed by atoms with Crippen molar-refractivity contribution in [2.45, 2.75) is 19.9 Å². The summed E-state index contributed by atoms with van der Waals surface area (Å²) in [6.45, 7) is 3.16. The number of carbonyl (C=O) groups is 1. The number of hydrogen-bond acceptors (Lipinski definition) is 3. The van der Waals surface area contributed by atoms with E-state index in [2.05, 4.69) is 15.6 Å². The number of nitrogens with zero attached hydrogens (tertiary/aromatic N) is 1. The highest BCUT2D eigenvalue weighted by Gasteiger charge is 2.02. The second-order valence-electron chi connectivity index (χ2n) is 4.17. The van der Waals surface area contributed by atoms with Gasteiger partial charge in [0, 0.05) is 24.8 Å². The second-order valence-corrected chi connectivity index (χ2v) is 4.17. The predicted octanol–water partition coefficient (Wildman–Crippen LogP) is 2.55. The van der Waals surface area contributed by atoms with Crippen molar-refractivity contribution in [2.24, 2.45) is 0 Å². The lowest BCUT2D eigenvalue weighted by Gasteiger charge is -2.06. The van der Waals surface area contributed by atoms with Crippen molar-refractivity contribution in [3.8, 4) is 11.3 Å². The molecule has 5 nitrogen and oxygen atoms in total. The van der Waals surface area contributed by atoms with Crippen LogP contribution in [0.5, 0.6) is 0 Å². The normalized spacial score (nSPS) is 10.2. The van der Waals surface area contributed by atoms with Gasteiger partial charge < -0.3 is 15.1 Å². The molecule has 0 bridgehead atoms. The van der Waals surface area contributed by atoms with Crippen molar-refractivity contribution in [3.63, 3.8) is 0 Å². The Morgan fingerprint density at radius 3 is 2.84 bits per heavy atom. The number of aromatic nitrogens is 1. The average molecular weight is 259 g/mol. The van der Waals surface area contributed by atoms with E-state index in [-0.39, 0.29) is 6.03 Å². The van der Waals surface area contributed by atoms with E-state index in [0.717, 1.165) is 23.2 Å². The summed E-state index contributed by atoms with van der Waals surface area (Å²) >= 11 is 0. The number of hydrogen-bond donors (Lipinski definition) is 2. The highest BCUT2D eigenvalue weighted by molar-refractivity contribution is 5.73. The molecule has 2 aromatic rings. The molecular weight excluding hydrogens is 242 g/mol. The van der Waals surface area contributed by atoms with Crippen LogP contribution >= 0.6 is 0 Å². The first kappa shape index (κ1) is 13.1. The maximum absolute atomic E-state index is 11.4. The Morgan fingerprint density at radius 1 is 1.32 bits per heavy atom. The van der Waals surface area contributed by atoms with Crippen molar-refractivity contribution in [3.05, 3.63) is 42.5 Å². The fraction of sp³-hybridized carbons (Fsp3) is 0.286. The van der Waals surface area contributed by atoms with Gasteiger partial charge in [0.1, 0.15) is 0 Å². The van der Waals surface area contributed by atoms with Gasteiger partial charge in [-0.2, -0.15) is 0 Å². The van der Waals surface area contributed by atoms with E-state index >= 15 is 0 Å². The first-order chi connectivity index (χ1) is 9.29. The lowest BCUT2D eigenvalue weighted by Crippen LogP contribution is -2.35. The summed E-state index contributed by atoms with van der Waals surface area (Å²) in [6, 6.07) is 5.56. The molecule has 2 heterocycles. The zero-order valence-corrected chi connectivity index (χ0v) is 10.8. The summed E-state index contributed by atoms with van der Waals surface area (Å²) in [6.07, 6.45) is 5.94. The highest BCUT2D eigenvalue weighted by Crippen LogP contribution is 2.16. The molecule has 0 aromatic carbocycles. The third-order valence-electron chi connectivity index (χ3n) is 2.63. The molecule has 0 radical (unpaired) electrons. The zero-order chi connectivity index (χ0) is 13.5. The summed E-state index contributed by atoms with van der Waals surface area (Å²) in [7, 11) is 0. The molecule has 0 atom stereocenters. The van der Waals surface area contributed by atoms with Crippen LogP contribution in [0.4, 0.5) is 4.79 Å². The van der Waals surface area contributed by atoms with Crippen LogP contribution in [0.3, 0.4) is 0 Å². The number of amides is 2. The summed E-state index contributed by atoms with van der Waals surface area (Å²) in [4.78, 5) is 15.7. The van der Waals surface area contributed by atoms with Crippen LogP contribution in [-0.4, -0.2) is 17.6 Å². The van der Waals surface area contributed by atoms with Crippen molar-refractivity contribution < 1.29 is 9.21 Å². The summed E-state index contributed by atoms with van der Waals surface area (Å²) in [5.41, 5.74) is 2.76. The van der Waals surface area contributed by atoms with Crippen molar-refractivity contribution in [2.75, 3.05) is 6.54 Å². The summed E-state index contributed by atoms with van der Waals surface area (Å²) in [5.74, 6) is 0. The van der Waals surface area contributed by atoms with Crippen molar-refractivity contribution in [1.82, 2.24) is 15.6 Å². The number of furan rings is 1. The Bertz CT molecular complexity index is 506. The second kappa shape index (κ2) is 6.58. The molecule has 0 aliphatic carbocycles. The van der Waals surface area contributed by atoms with Gasteiger partial charge in [-0.3, -0.25) is 4.98 Å². The van der Waals surface area contributed by atoms with E-state index in [4.69, 9.17) is 4.42 Å². The van der Waals surface area contributed by atoms with Crippen LogP contribution in [0.15, 0.2) is 41.3 Å². The Hall–Kier alpha value is -2.30. The van der Waals surface area contributed by atoms with Gasteiger partial charge in [-0.25, -0.2) is 4.79 Å². The van der Waals surface area contributed by atoms with E-state index in [9.17, 15) is 4.79 Å². The fourth-order valence-corrected chi connectivity index (χ4v) is 1.59. The highest BCUT2D eigenvalue weighted by atomic mass is 16.3. The molecule has 0 aliphatic heterocycles. The Balaban J connectivity index is 1.87. The Morgan fingerprint density at radius 2 is 2.21 bits per heavy atom. The van der Waals surface area contributed by atoms with Crippen LogP contribution in [0, 0.1) is 0 Å². The van der Waals surface area contributed by atoms with E-state index in [1.165, 1.54) is 0 Å². The van der Waals surface area contributed by atoms with Gasteiger partial charge in [0.05, 0.1) is 18.2 Å². The summed E-state index contributed by atoms with van der Waals surface area (Å²) < 4.78 is 5.01. The monoisotopic (exact) mass is 259 g/mol.